The van der Waals surface area contributed by atoms with E-state index >= 15 is 0 Å². The van der Waals surface area contributed by atoms with Crippen molar-refractivity contribution in [2.75, 3.05) is 14.2 Å². The second-order valence-corrected chi connectivity index (χ2v) is 4.60. The molecule has 2 rings (SSSR count). The predicted octanol–water partition coefficient (Wildman–Crippen LogP) is 3.62. The molecule has 100 valence electrons. The Labute approximate surface area is 118 Å². The molecular weight excluding hydrogens is 262 g/mol. The molecule has 0 saturated carbocycles. The number of hydrogen-bond donors (Lipinski definition) is 0. The highest BCUT2D eigenvalue weighted by Gasteiger charge is 2.19. The van der Waals surface area contributed by atoms with Gasteiger partial charge < -0.3 is 9.47 Å². The second kappa shape index (κ2) is 6.43. The zero-order valence-electron chi connectivity index (χ0n) is 11.0. The number of alkyl halides is 1. The van der Waals surface area contributed by atoms with Gasteiger partial charge in [-0.1, -0.05) is 12.1 Å². The number of methoxy groups -OCH3 is 2. The molecule has 2 aromatic rings. The first kappa shape index (κ1) is 13.7. The minimum atomic E-state index is -0.249. The number of nitrogens with zero attached hydrogens (tertiary/aromatic N) is 1. The quantitative estimate of drug-likeness (QED) is 0.782. The van der Waals surface area contributed by atoms with Crippen LogP contribution in [-0.2, 0) is 6.42 Å². The van der Waals surface area contributed by atoms with Crippen molar-refractivity contribution in [1.29, 1.82) is 0 Å². The van der Waals surface area contributed by atoms with Gasteiger partial charge in [-0.25, -0.2) is 0 Å². The molecule has 0 spiro atoms. The molecule has 1 atom stereocenters. The Balaban J connectivity index is 2.30. The summed E-state index contributed by atoms with van der Waals surface area (Å²) in [6.45, 7) is 0. The standard InChI is InChI=1S/C15H16ClNO2/c1-18-13-7-5-8-14(19-2)15(13)12(16)10-11-6-3-4-9-17-11/h3-9,12H,10H2,1-2H3. The van der Waals surface area contributed by atoms with Gasteiger partial charge in [0.05, 0.1) is 25.2 Å². The zero-order chi connectivity index (χ0) is 13.7. The molecule has 1 unspecified atom stereocenters. The Bertz CT molecular complexity index is 509. The number of halogens is 1. The van der Waals surface area contributed by atoms with Crippen LogP contribution in [0, 0.1) is 0 Å². The number of benzene rings is 1. The van der Waals surface area contributed by atoms with Crippen molar-refractivity contribution < 1.29 is 9.47 Å². The summed E-state index contributed by atoms with van der Waals surface area (Å²) < 4.78 is 10.7. The minimum absolute atomic E-state index is 0.249. The van der Waals surface area contributed by atoms with E-state index in [4.69, 9.17) is 21.1 Å². The lowest BCUT2D eigenvalue weighted by molar-refractivity contribution is 0.384. The molecule has 0 fully saturated rings. The van der Waals surface area contributed by atoms with Gasteiger partial charge in [0.2, 0.25) is 0 Å². The summed E-state index contributed by atoms with van der Waals surface area (Å²) >= 11 is 6.51. The molecule has 1 heterocycles. The van der Waals surface area contributed by atoms with Crippen LogP contribution in [0.5, 0.6) is 11.5 Å². The van der Waals surface area contributed by atoms with Crippen molar-refractivity contribution in [3.05, 3.63) is 53.9 Å². The lowest BCUT2D eigenvalue weighted by Gasteiger charge is -2.17. The van der Waals surface area contributed by atoms with Gasteiger partial charge in [0.15, 0.2) is 0 Å². The SMILES string of the molecule is COc1cccc(OC)c1C(Cl)Cc1ccccn1. The highest BCUT2D eigenvalue weighted by atomic mass is 35.5. The summed E-state index contributed by atoms with van der Waals surface area (Å²) in [4.78, 5) is 4.29. The normalized spacial score (nSPS) is 11.9. The molecule has 0 bridgehead atoms. The molecule has 4 heteroatoms. The fourth-order valence-electron chi connectivity index (χ4n) is 1.99. The van der Waals surface area contributed by atoms with Crippen LogP contribution in [0.2, 0.25) is 0 Å². The van der Waals surface area contributed by atoms with E-state index in [-0.39, 0.29) is 5.38 Å². The van der Waals surface area contributed by atoms with Crippen LogP contribution in [0.25, 0.3) is 0 Å². The molecule has 0 N–H and O–H groups in total. The van der Waals surface area contributed by atoms with Crippen molar-refractivity contribution in [3.8, 4) is 11.5 Å². The number of aromatic nitrogens is 1. The lowest BCUT2D eigenvalue weighted by atomic mass is 10.0. The van der Waals surface area contributed by atoms with Crippen LogP contribution in [0.3, 0.4) is 0 Å². The largest absolute Gasteiger partial charge is 0.496 e. The maximum atomic E-state index is 6.51. The first-order valence-corrected chi connectivity index (χ1v) is 6.44. The van der Waals surface area contributed by atoms with Gasteiger partial charge in [0.25, 0.3) is 0 Å². The van der Waals surface area contributed by atoms with E-state index in [1.54, 1.807) is 20.4 Å². The van der Waals surface area contributed by atoms with Crippen LogP contribution >= 0.6 is 11.6 Å². The number of hydrogen-bond acceptors (Lipinski definition) is 3. The van der Waals surface area contributed by atoms with Gasteiger partial charge in [0.1, 0.15) is 11.5 Å². The maximum Gasteiger partial charge on any atom is 0.127 e. The Morgan fingerprint density at radius 3 is 2.26 bits per heavy atom. The van der Waals surface area contributed by atoms with Crippen LogP contribution in [0.1, 0.15) is 16.6 Å². The van der Waals surface area contributed by atoms with Crippen LogP contribution in [0.4, 0.5) is 0 Å². The Morgan fingerprint density at radius 2 is 1.74 bits per heavy atom. The number of pyridine rings is 1. The van der Waals surface area contributed by atoms with Crippen LogP contribution in [-0.4, -0.2) is 19.2 Å². The molecule has 0 aliphatic rings. The highest BCUT2D eigenvalue weighted by molar-refractivity contribution is 6.21. The number of ether oxygens (including phenoxy) is 2. The molecular formula is C15H16ClNO2. The molecule has 0 aliphatic carbocycles. The van der Waals surface area contributed by atoms with Gasteiger partial charge in [0, 0.05) is 18.3 Å². The van der Waals surface area contributed by atoms with Gasteiger partial charge >= 0.3 is 0 Å². The summed E-state index contributed by atoms with van der Waals surface area (Å²) in [5, 5.41) is -0.249. The van der Waals surface area contributed by atoms with E-state index in [1.165, 1.54) is 0 Å². The summed E-state index contributed by atoms with van der Waals surface area (Å²) in [6.07, 6.45) is 2.39. The fraction of sp³-hybridized carbons (Fsp3) is 0.267. The maximum absolute atomic E-state index is 6.51. The minimum Gasteiger partial charge on any atom is -0.496 e. The third kappa shape index (κ3) is 3.18. The van der Waals surface area contributed by atoms with Crippen LogP contribution < -0.4 is 9.47 Å². The summed E-state index contributed by atoms with van der Waals surface area (Å²) in [5.41, 5.74) is 1.80. The highest BCUT2D eigenvalue weighted by Crippen LogP contribution is 2.38. The third-order valence-electron chi connectivity index (χ3n) is 2.89. The van der Waals surface area contributed by atoms with Crippen molar-refractivity contribution in [2.45, 2.75) is 11.8 Å². The van der Waals surface area contributed by atoms with Gasteiger partial charge in [-0.3, -0.25) is 4.98 Å². The molecule has 3 nitrogen and oxygen atoms in total. The van der Waals surface area contributed by atoms with E-state index in [0.29, 0.717) is 6.42 Å². The summed E-state index contributed by atoms with van der Waals surface area (Å²) in [7, 11) is 3.26. The summed E-state index contributed by atoms with van der Waals surface area (Å²) in [5.74, 6) is 1.46. The molecule has 0 radical (unpaired) electrons. The smallest absolute Gasteiger partial charge is 0.127 e. The van der Waals surface area contributed by atoms with Crippen LogP contribution in [0.15, 0.2) is 42.6 Å². The molecule has 0 aliphatic heterocycles. The van der Waals surface area contributed by atoms with Crippen molar-refractivity contribution in [3.63, 3.8) is 0 Å². The predicted molar refractivity (Wildman–Crippen MR) is 76.1 cm³/mol. The van der Waals surface area contributed by atoms with Gasteiger partial charge in [-0.15, -0.1) is 11.6 Å². The van der Waals surface area contributed by atoms with Gasteiger partial charge in [-0.2, -0.15) is 0 Å². The third-order valence-corrected chi connectivity index (χ3v) is 3.27. The second-order valence-electron chi connectivity index (χ2n) is 4.07. The van der Waals surface area contributed by atoms with Gasteiger partial charge in [-0.05, 0) is 24.3 Å². The lowest BCUT2D eigenvalue weighted by Crippen LogP contribution is -2.03. The molecule has 1 aromatic carbocycles. The monoisotopic (exact) mass is 277 g/mol. The number of rotatable bonds is 5. The summed E-state index contributed by atoms with van der Waals surface area (Å²) in [6, 6.07) is 11.4. The van der Waals surface area contributed by atoms with E-state index < -0.39 is 0 Å². The molecule has 0 amide bonds. The first-order chi connectivity index (χ1) is 9.26. The first-order valence-electron chi connectivity index (χ1n) is 6.01. The van der Waals surface area contributed by atoms with E-state index in [0.717, 1.165) is 22.8 Å². The van der Waals surface area contributed by atoms with E-state index in [9.17, 15) is 0 Å². The van der Waals surface area contributed by atoms with Crippen molar-refractivity contribution in [1.82, 2.24) is 4.98 Å². The van der Waals surface area contributed by atoms with E-state index in [2.05, 4.69) is 4.98 Å². The fourth-order valence-corrected chi connectivity index (χ4v) is 2.37. The van der Waals surface area contributed by atoms with Crippen molar-refractivity contribution >= 4 is 11.6 Å². The molecule has 19 heavy (non-hydrogen) atoms. The Hall–Kier alpha value is -1.74. The molecule has 0 saturated heterocycles. The Kier molecular flexibility index (Phi) is 4.63. The van der Waals surface area contributed by atoms with Crippen molar-refractivity contribution in [2.24, 2.45) is 0 Å². The zero-order valence-corrected chi connectivity index (χ0v) is 11.7. The van der Waals surface area contributed by atoms with E-state index in [1.807, 2.05) is 36.4 Å². The Morgan fingerprint density at radius 1 is 1.05 bits per heavy atom. The molecule has 1 aromatic heterocycles. The average molecular weight is 278 g/mol. The topological polar surface area (TPSA) is 31.4 Å². The average Bonchev–Trinajstić information content (AvgIpc) is 2.47.